The second-order valence-electron chi connectivity index (χ2n) is 5.12. The Kier molecular flexibility index (Phi) is 4.47. The van der Waals surface area contributed by atoms with Crippen molar-refractivity contribution in [1.82, 2.24) is 0 Å². The Morgan fingerprint density at radius 3 is 2.79 bits per heavy atom. The van der Waals surface area contributed by atoms with Crippen molar-refractivity contribution in [1.29, 1.82) is 0 Å². The van der Waals surface area contributed by atoms with Gasteiger partial charge in [0.25, 0.3) is 0 Å². The van der Waals surface area contributed by atoms with Crippen LogP contribution in [0.25, 0.3) is 0 Å². The third kappa shape index (κ3) is 3.94. The topological polar surface area (TPSA) is 69.4 Å². The molecule has 1 aromatic carbocycles. The number of para-hydroxylation sites is 1. The van der Waals surface area contributed by atoms with Crippen molar-refractivity contribution < 1.29 is 13.2 Å². The maximum Gasteiger partial charge on any atom is 0.154 e. The summed E-state index contributed by atoms with van der Waals surface area (Å²) in [5.41, 5.74) is 7.03. The Bertz CT molecular complexity index is 527. The molecule has 0 radical (unpaired) electrons. The zero-order valence-corrected chi connectivity index (χ0v) is 12.0. The molecule has 0 bridgehead atoms. The van der Waals surface area contributed by atoms with Crippen LogP contribution in [0.2, 0.25) is 0 Å². The predicted octanol–water partition coefficient (Wildman–Crippen LogP) is 1.53. The summed E-state index contributed by atoms with van der Waals surface area (Å²) in [5, 5.41) is 0. The normalized spacial score (nSPS) is 23.2. The van der Waals surface area contributed by atoms with E-state index in [0.717, 1.165) is 24.2 Å². The second kappa shape index (κ2) is 5.92. The molecular formula is C14H21NO3S. The molecule has 0 amide bonds. The number of hydrogen-bond acceptors (Lipinski definition) is 4. The first-order valence-corrected chi connectivity index (χ1v) is 8.53. The lowest BCUT2D eigenvalue weighted by Crippen LogP contribution is -2.23. The smallest absolute Gasteiger partial charge is 0.154 e. The van der Waals surface area contributed by atoms with Crippen LogP contribution in [0.15, 0.2) is 24.3 Å². The van der Waals surface area contributed by atoms with Crippen LogP contribution in [0, 0.1) is 0 Å². The highest BCUT2D eigenvalue weighted by atomic mass is 32.2. The lowest BCUT2D eigenvalue weighted by molar-refractivity contribution is 0.226. The van der Waals surface area contributed by atoms with Crippen LogP contribution in [-0.4, -0.2) is 32.1 Å². The van der Waals surface area contributed by atoms with Crippen molar-refractivity contribution in [2.24, 2.45) is 5.73 Å². The van der Waals surface area contributed by atoms with Crippen LogP contribution in [0.1, 0.15) is 25.3 Å². The largest absolute Gasteiger partial charge is 0.489 e. The Hall–Kier alpha value is -1.07. The molecule has 5 heteroatoms. The van der Waals surface area contributed by atoms with Gasteiger partial charge in [0.15, 0.2) is 9.84 Å². The molecule has 1 heterocycles. The van der Waals surface area contributed by atoms with E-state index >= 15 is 0 Å². The van der Waals surface area contributed by atoms with Gasteiger partial charge in [-0.3, -0.25) is 0 Å². The Balaban J connectivity index is 2.08. The summed E-state index contributed by atoms with van der Waals surface area (Å²) in [6.45, 7) is 2.05. The van der Waals surface area contributed by atoms with Gasteiger partial charge in [0, 0.05) is 6.04 Å². The number of rotatable bonds is 5. The highest BCUT2D eigenvalue weighted by molar-refractivity contribution is 7.91. The van der Waals surface area contributed by atoms with E-state index in [4.69, 9.17) is 10.5 Å². The Morgan fingerprint density at radius 2 is 2.16 bits per heavy atom. The van der Waals surface area contributed by atoms with E-state index in [9.17, 15) is 8.42 Å². The van der Waals surface area contributed by atoms with Gasteiger partial charge in [-0.15, -0.1) is 0 Å². The van der Waals surface area contributed by atoms with Gasteiger partial charge < -0.3 is 10.5 Å². The molecule has 0 aliphatic carbocycles. The summed E-state index contributed by atoms with van der Waals surface area (Å²) in [4.78, 5) is 0. The number of nitrogens with two attached hydrogens (primary N) is 1. The van der Waals surface area contributed by atoms with Gasteiger partial charge in [0.05, 0.1) is 11.5 Å². The van der Waals surface area contributed by atoms with Crippen LogP contribution in [0.4, 0.5) is 0 Å². The molecule has 1 aliphatic rings. The molecule has 106 valence electrons. The van der Waals surface area contributed by atoms with E-state index in [-0.39, 0.29) is 23.7 Å². The van der Waals surface area contributed by atoms with Crippen molar-refractivity contribution in [2.75, 3.05) is 11.5 Å². The third-order valence-corrected chi connectivity index (χ3v) is 5.20. The summed E-state index contributed by atoms with van der Waals surface area (Å²) < 4.78 is 28.7. The molecule has 0 aromatic heterocycles. The van der Waals surface area contributed by atoms with Gasteiger partial charge >= 0.3 is 0 Å². The van der Waals surface area contributed by atoms with E-state index in [2.05, 4.69) is 6.92 Å². The minimum atomic E-state index is -2.91. The minimum Gasteiger partial charge on any atom is -0.489 e. The van der Waals surface area contributed by atoms with Crippen molar-refractivity contribution in [2.45, 2.75) is 38.3 Å². The molecule has 1 aliphatic heterocycles. The number of sulfone groups is 1. The maximum atomic E-state index is 11.4. The fourth-order valence-corrected chi connectivity index (χ4v) is 3.84. The van der Waals surface area contributed by atoms with E-state index in [0.29, 0.717) is 6.42 Å². The first-order valence-electron chi connectivity index (χ1n) is 6.70. The van der Waals surface area contributed by atoms with Gasteiger partial charge in [0.1, 0.15) is 11.9 Å². The van der Waals surface area contributed by atoms with Crippen molar-refractivity contribution in [3.8, 4) is 5.75 Å². The summed E-state index contributed by atoms with van der Waals surface area (Å²) in [5.74, 6) is 1.13. The third-order valence-electron chi connectivity index (χ3n) is 3.46. The summed E-state index contributed by atoms with van der Waals surface area (Å²) in [7, 11) is -2.91. The molecule has 0 spiro atoms. The molecule has 1 saturated heterocycles. The lowest BCUT2D eigenvalue weighted by atomic mass is 10.0. The van der Waals surface area contributed by atoms with Crippen LogP contribution in [0.5, 0.6) is 5.75 Å². The summed E-state index contributed by atoms with van der Waals surface area (Å²) >= 11 is 0. The maximum absolute atomic E-state index is 11.4. The fourth-order valence-electron chi connectivity index (χ4n) is 2.25. The molecular weight excluding hydrogens is 262 g/mol. The second-order valence-corrected chi connectivity index (χ2v) is 7.35. The molecule has 1 fully saturated rings. The molecule has 2 rings (SSSR count). The van der Waals surface area contributed by atoms with E-state index in [1.54, 1.807) is 0 Å². The molecule has 0 saturated carbocycles. The zero-order chi connectivity index (χ0) is 13.9. The van der Waals surface area contributed by atoms with Gasteiger partial charge in [-0.1, -0.05) is 25.1 Å². The minimum absolute atomic E-state index is 0.108. The van der Waals surface area contributed by atoms with E-state index in [1.807, 2.05) is 24.3 Å². The summed E-state index contributed by atoms with van der Waals surface area (Å²) in [6, 6.07) is 7.85. The van der Waals surface area contributed by atoms with E-state index < -0.39 is 9.84 Å². The fraction of sp³-hybridized carbons (Fsp3) is 0.571. The first-order chi connectivity index (χ1) is 9.00. The average molecular weight is 283 g/mol. The van der Waals surface area contributed by atoms with Gasteiger partial charge in [-0.2, -0.15) is 0 Å². The standard InChI is InChI=1S/C14H21NO3S/c1-2-12(15)9-11-5-3-4-6-14(11)18-13-7-8-19(16,17)10-13/h3-6,12-13H,2,7-10,15H2,1H3. The van der Waals surface area contributed by atoms with E-state index in [1.165, 1.54) is 0 Å². The molecule has 2 unspecified atom stereocenters. The monoisotopic (exact) mass is 283 g/mol. The highest BCUT2D eigenvalue weighted by Crippen LogP contribution is 2.24. The molecule has 2 N–H and O–H groups in total. The van der Waals surface area contributed by atoms with Gasteiger partial charge in [-0.05, 0) is 30.9 Å². The number of benzene rings is 1. The molecule has 2 atom stereocenters. The highest BCUT2D eigenvalue weighted by Gasteiger charge is 2.29. The SMILES string of the molecule is CCC(N)Cc1ccccc1OC1CCS(=O)(=O)C1. The molecule has 19 heavy (non-hydrogen) atoms. The predicted molar refractivity (Wildman–Crippen MR) is 76.1 cm³/mol. The van der Waals surface area contributed by atoms with Crippen molar-refractivity contribution in [3.63, 3.8) is 0 Å². The number of hydrogen-bond donors (Lipinski definition) is 1. The van der Waals surface area contributed by atoms with Crippen LogP contribution in [-0.2, 0) is 16.3 Å². The van der Waals surface area contributed by atoms with Gasteiger partial charge in [0.2, 0.25) is 0 Å². The first kappa shape index (κ1) is 14.3. The molecule has 4 nitrogen and oxygen atoms in total. The quantitative estimate of drug-likeness (QED) is 0.890. The van der Waals surface area contributed by atoms with Crippen LogP contribution in [0.3, 0.4) is 0 Å². The van der Waals surface area contributed by atoms with Crippen LogP contribution >= 0.6 is 0 Å². The Labute approximate surface area is 114 Å². The lowest BCUT2D eigenvalue weighted by Gasteiger charge is -2.17. The Morgan fingerprint density at radius 1 is 1.42 bits per heavy atom. The van der Waals surface area contributed by atoms with Crippen LogP contribution < -0.4 is 10.5 Å². The van der Waals surface area contributed by atoms with Gasteiger partial charge in [-0.25, -0.2) is 8.42 Å². The summed E-state index contributed by atoms with van der Waals surface area (Å²) in [6.07, 6.45) is 2.03. The zero-order valence-electron chi connectivity index (χ0n) is 11.2. The molecule has 1 aromatic rings. The average Bonchev–Trinajstić information content (AvgIpc) is 2.71. The van der Waals surface area contributed by atoms with Crippen molar-refractivity contribution >= 4 is 9.84 Å². The van der Waals surface area contributed by atoms with Crippen molar-refractivity contribution in [3.05, 3.63) is 29.8 Å². The number of ether oxygens (including phenoxy) is 1.